The molecular formula is C18H17ClN4O. The van der Waals surface area contributed by atoms with Gasteiger partial charge in [-0.3, -0.25) is 4.79 Å². The molecule has 1 amide bonds. The number of aromatic nitrogens is 2. The number of nitrogen functional groups attached to an aromatic ring is 1. The largest absolute Gasteiger partial charge is 0.369 e. The fourth-order valence-corrected chi connectivity index (χ4v) is 2.14. The van der Waals surface area contributed by atoms with Crippen LogP contribution in [0.25, 0.3) is 17.3 Å². The van der Waals surface area contributed by atoms with E-state index in [1.54, 1.807) is 12.3 Å². The number of rotatable bonds is 4. The summed E-state index contributed by atoms with van der Waals surface area (Å²) in [6.07, 6.45) is 4.96. The van der Waals surface area contributed by atoms with Crippen LogP contribution in [-0.4, -0.2) is 15.9 Å². The topological polar surface area (TPSA) is 83.8 Å². The minimum Gasteiger partial charge on any atom is -0.369 e. The van der Waals surface area contributed by atoms with Crippen molar-refractivity contribution in [3.05, 3.63) is 72.4 Å². The summed E-state index contributed by atoms with van der Waals surface area (Å²) < 4.78 is 0. The zero-order valence-corrected chi connectivity index (χ0v) is 13.6. The minimum atomic E-state index is -0.174. The Kier molecular flexibility index (Phi) is 5.76. The lowest BCUT2D eigenvalue weighted by atomic mass is 10.1. The predicted octanol–water partition coefficient (Wildman–Crippen LogP) is 3.73. The molecule has 122 valence electrons. The van der Waals surface area contributed by atoms with Crippen molar-refractivity contribution < 1.29 is 4.79 Å². The van der Waals surface area contributed by atoms with Crippen molar-refractivity contribution in [2.24, 2.45) is 0 Å². The summed E-state index contributed by atoms with van der Waals surface area (Å²) in [6, 6.07) is 17.1. The van der Waals surface area contributed by atoms with Crippen molar-refractivity contribution in [3.63, 3.8) is 0 Å². The van der Waals surface area contributed by atoms with Crippen LogP contribution in [0.1, 0.15) is 5.56 Å². The zero-order chi connectivity index (χ0) is 16.1. The van der Waals surface area contributed by atoms with Crippen LogP contribution < -0.4 is 11.1 Å². The maximum absolute atomic E-state index is 11.9. The quantitative estimate of drug-likeness (QED) is 0.633. The fraction of sp³-hybridized carbons (Fsp3) is 0. The number of nitrogens with two attached hydrogens (primary N) is 1. The van der Waals surface area contributed by atoms with Gasteiger partial charge in [0.1, 0.15) is 0 Å². The highest BCUT2D eigenvalue weighted by molar-refractivity contribution is 6.02. The third-order valence-corrected chi connectivity index (χ3v) is 3.29. The van der Waals surface area contributed by atoms with Gasteiger partial charge in [0.25, 0.3) is 0 Å². The number of carbonyl (C=O) groups excluding carboxylic acids is 1. The Morgan fingerprint density at radius 2 is 1.79 bits per heavy atom. The van der Waals surface area contributed by atoms with Gasteiger partial charge in [-0.05, 0) is 29.3 Å². The minimum absolute atomic E-state index is 0. The van der Waals surface area contributed by atoms with E-state index in [-0.39, 0.29) is 18.3 Å². The first-order chi connectivity index (χ1) is 11.2. The molecule has 0 saturated heterocycles. The first-order valence-corrected chi connectivity index (χ1v) is 7.16. The monoisotopic (exact) mass is 340 g/mol. The Morgan fingerprint density at radius 3 is 2.42 bits per heavy atom. The summed E-state index contributed by atoms with van der Waals surface area (Å²) in [5.74, 6) is 0.204. The molecule has 0 aliphatic carbocycles. The van der Waals surface area contributed by atoms with E-state index in [4.69, 9.17) is 5.73 Å². The van der Waals surface area contributed by atoms with Crippen LogP contribution in [0.4, 0.5) is 11.6 Å². The summed E-state index contributed by atoms with van der Waals surface area (Å²) in [6.45, 7) is 0. The van der Waals surface area contributed by atoms with Crippen LogP contribution in [0.3, 0.4) is 0 Å². The van der Waals surface area contributed by atoms with Crippen LogP contribution in [-0.2, 0) is 4.79 Å². The van der Waals surface area contributed by atoms with Crippen molar-refractivity contribution in [1.82, 2.24) is 9.97 Å². The summed E-state index contributed by atoms with van der Waals surface area (Å²) >= 11 is 0. The molecule has 0 aliphatic rings. The van der Waals surface area contributed by atoms with E-state index >= 15 is 0 Å². The smallest absolute Gasteiger partial charge is 0.248 e. The molecule has 24 heavy (non-hydrogen) atoms. The summed E-state index contributed by atoms with van der Waals surface area (Å²) in [7, 11) is 0. The van der Waals surface area contributed by atoms with Gasteiger partial charge in [0, 0.05) is 11.8 Å². The highest BCUT2D eigenvalue weighted by atomic mass is 35.5. The van der Waals surface area contributed by atoms with Gasteiger partial charge in [0.15, 0.2) is 5.95 Å². The van der Waals surface area contributed by atoms with Gasteiger partial charge in [-0.1, -0.05) is 42.5 Å². The van der Waals surface area contributed by atoms with Crippen molar-refractivity contribution in [1.29, 1.82) is 0 Å². The molecular weight excluding hydrogens is 324 g/mol. The van der Waals surface area contributed by atoms with Gasteiger partial charge in [0.2, 0.25) is 5.91 Å². The highest BCUT2D eigenvalue weighted by Gasteiger charge is 2.02. The maximum Gasteiger partial charge on any atom is 0.248 e. The van der Waals surface area contributed by atoms with Crippen molar-refractivity contribution >= 4 is 36.0 Å². The zero-order valence-electron chi connectivity index (χ0n) is 12.8. The van der Waals surface area contributed by atoms with E-state index in [0.29, 0.717) is 5.95 Å². The molecule has 5 nitrogen and oxygen atoms in total. The SMILES string of the molecule is Cl.Nc1ncc(-c2ccc(NC(=O)C=Cc3ccccc3)cc2)[nH]1. The fourth-order valence-electron chi connectivity index (χ4n) is 2.14. The number of nitrogens with one attached hydrogen (secondary N) is 2. The number of anilines is 2. The van der Waals surface area contributed by atoms with Crippen LogP contribution in [0.2, 0.25) is 0 Å². The molecule has 4 N–H and O–H groups in total. The highest BCUT2D eigenvalue weighted by Crippen LogP contribution is 2.20. The number of amides is 1. The van der Waals surface area contributed by atoms with E-state index in [1.807, 2.05) is 54.6 Å². The number of benzene rings is 2. The lowest BCUT2D eigenvalue weighted by Crippen LogP contribution is -2.07. The Hall–Kier alpha value is -3.05. The van der Waals surface area contributed by atoms with E-state index in [1.165, 1.54) is 6.08 Å². The molecule has 1 aromatic heterocycles. The van der Waals surface area contributed by atoms with Crippen LogP contribution >= 0.6 is 12.4 Å². The van der Waals surface area contributed by atoms with Crippen molar-refractivity contribution in [2.75, 3.05) is 11.1 Å². The van der Waals surface area contributed by atoms with Gasteiger partial charge in [-0.2, -0.15) is 0 Å². The number of halogens is 1. The molecule has 0 bridgehead atoms. The number of imidazole rings is 1. The summed E-state index contributed by atoms with van der Waals surface area (Å²) in [5, 5.41) is 2.82. The number of H-pyrrole nitrogens is 1. The second-order valence-electron chi connectivity index (χ2n) is 4.99. The third kappa shape index (κ3) is 4.47. The molecule has 0 unspecified atom stereocenters. The lowest BCUT2D eigenvalue weighted by molar-refractivity contribution is -0.111. The van der Waals surface area contributed by atoms with Gasteiger partial charge >= 0.3 is 0 Å². The van der Waals surface area contributed by atoms with E-state index < -0.39 is 0 Å². The van der Waals surface area contributed by atoms with Gasteiger partial charge in [0.05, 0.1) is 11.9 Å². The van der Waals surface area contributed by atoms with Crippen LogP contribution in [0.15, 0.2) is 66.9 Å². The molecule has 0 atom stereocenters. The van der Waals surface area contributed by atoms with Gasteiger partial charge < -0.3 is 16.0 Å². The normalized spacial score (nSPS) is 10.3. The Morgan fingerprint density at radius 1 is 1.08 bits per heavy atom. The van der Waals surface area contributed by atoms with Crippen molar-refractivity contribution in [3.8, 4) is 11.3 Å². The van der Waals surface area contributed by atoms with E-state index in [2.05, 4.69) is 15.3 Å². The summed E-state index contributed by atoms with van der Waals surface area (Å²) in [4.78, 5) is 18.8. The standard InChI is InChI=1S/C18H16N4O.ClH/c19-18-20-12-16(22-18)14-7-9-15(10-8-14)21-17(23)11-6-13-4-2-1-3-5-13;/h1-12H,(H,21,23)(H3,19,20,22);1H. The number of hydrogen-bond donors (Lipinski definition) is 3. The van der Waals surface area contributed by atoms with E-state index in [9.17, 15) is 4.79 Å². The number of hydrogen-bond acceptors (Lipinski definition) is 3. The van der Waals surface area contributed by atoms with Gasteiger partial charge in [-0.25, -0.2) is 4.98 Å². The third-order valence-electron chi connectivity index (χ3n) is 3.29. The number of carbonyl (C=O) groups is 1. The maximum atomic E-state index is 11.9. The summed E-state index contributed by atoms with van der Waals surface area (Å²) in [5.41, 5.74) is 9.06. The van der Waals surface area contributed by atoms with Crippen molar-refractivity contribution in [2.45, 2.75) is 0 Å². The first kappa shape index (κ1) is 17.3. The lowest BCUT2D eigenvalue weighted by Gasteiger charge is -2.03. The molecule has 0 aliphatic heterocycles. The Bertz CT molecular complexity index is 826. The van der Waals surface area contributed by atoms with Crippen LogP contribution in [0, 0.1) is 0 Å². The van der Waals surface area contributed by atoms with Crippen LogP contribution in [0.5, 0.6) is 0 Å². The molecule has 0 spiro atoms. The molecule has 3 aromatic rings. The molecule has 0 fully saturated rings. The average Bonchev–Trinajstić information content (AvgIpc) is 3.01. The molecule has 6 heteroatoms. The first-order valence-electron chi connectivity index (χ1n) is 7.16. The average molecular weight is 341 g/mol. The second kappa shape index (κ2) is 7.99. The molecule has 0 saturated carbocycles. The number of nitrogens with zero attached hydrogens (tertiary/aromatic N) is 1. The molecule has 3 rings (SSSR count). The van der Waals surface area contributed by atoms with Gasteiger partial charge in [-0.15, -0.1) is 12.4 Å². The van der Waals surface area contributed by atoms with E-state index in [0.717, 1.165) is 22.5 Å². The number of aromatic amines is 1. The Labute approximate surface area is 146 Å². The predicted molar refractivity (Wildman–Crippen MR) is 99.8 cm³/mol. The Balaban J connectivity index is 0.00000208. The molecule has 2 aromatic carbocycles. The molecule has 0 radical (unpaired) electrons. The molecule has 1 heterocycles. The second-order valence-corrected chi connectivity index (χ2v) is 4.99.